The molecule has 1 saturated carbocycles. The summed E-state index contributed by atoms with van der Waals surface area (Å²) in [7, 11) is 0. The van der Waals surface area contributed by atoms with E-state index in [9.17, 15) is 4.79 Å². The number of carbonyl (C=O) groups is 1. The lowest BCUT2D eigenvalue weighted by Gasteiger charge is -2.13. The van der Waals surface area contributed by atoms with Crippen molar-refractivity contribution in [2.75, 3.05) is 5.32 Å². The predicted octanol–water partition coefficient (Wildman–Crippen LogP) is 2.29. The summed E-state index contributed by atoms with van der Waals surface area (Å²) in [4.78, 5) is 19.3. The number of carboxylic acids is 1. The van der Waals surface area contributed by atoms with Crippen LogP contribution in [0.5, 0.6) is 0 Å². The zero-order valence-corrected chi connectivity index (χ0v) is 9.97. The van der Waals surface area contributed by atoms with Crippen molar-refractivity contribution in [1.29, 1.82) is 0 Å². The molecule has 0 spiro atoms. The minimum atomic E-state index is -0.945. The molecule has 5 nitrogen and oxygen atoms in total. The number of hydrogen-bond acceptors (Lipinski definition) is 4. The highest BCUT2D eigenvalue weighted by molar-refractivity contribution is 5.96. The first-order chi connectivity index (χ1) is 8.57. The molecule has 2 aromatic rings. The molecular weight excluding hydrogens is 230 g/mol. The fourth-order valence-corrected chi connectivity index (χ4v) is 1.89. The summed E-state index contributed by atoms with van der Waals surface area (Å²) in [6.45, 7) is 2.15. The molecule has 1 aliphatic carbocycles. The maximum absolute atomic E-state index is 10.9. The molecule has 1 aromatic carbocycles. The van der Waals surface area contributed by atoms with Crippen molar-refractivity contribution in [2.24, 2.45) is 0 Å². The Bertz CT molecular complexity index is 635. The average Bonchev–Trinajstić information content (AvgIpc) is 3.06. The van der Waals surface area contributed by atoms with Gasteiger partial charge in [-0.05, 0) is 38.0 Å². The van der Waals surface area contributed by atoms with Crippen molar-refractivity contribution in [3.8, 4) is 0 Å². The lowest BCUT2D eigenvalue weighted by atomic mass is 10.1. The molecule has 1 aromatic heterocycles. The van der Waals surface area contributed by atoms with Crippen LogP contribution in [0, 0.1) is 0 Å². The lowest BCUT2D eigenvalue weighted by molar-refractivity contribution is 0.0697. The van der Waals surface area contributed by atoms with Crippen LogP contribution in [0.1, 0.15) is 30.1 Å². The first-order valence-electron chi connectivity index (χ1n) is 5.84. The molecule has 0 radical (unpaired) electrons. The Kier molecular flexibility index (Phi) is 2.23. The fourth-order valence-electron chi connectivity index (χ4n) is 1.89. The largest absolute Gasteiger partial charge is 0.478 e. The number of rotatable bonds is 3. The zero-order valence-electron chi connectivity index (χ0n) is 9.97. The zero-order chi connectivity index (χ0) is 12.8. The van der Waals surface area contributed by atoms with Gasteiger partial charge in [0, 0.05) is 10.9 Å². The molecule has 0 aliphatic heterocycles. The summed E-state index contributed by atoms with van der Waals surface area (Å²) in [5, 5.41) is 13.2. The van der Waals surface area contributed by atoms with E-state index in [1.165, 1.54) is 6.33 Å². The van der Waals surface area contributed by atoms with Crippen molar-refractivity contribution in [3.63, 3.8) is 0 Å². The van der Waals surface area contributed by atoms with Gasteiger partial charge in [-0.2, -0.15) is 0 Å². The number of nitrogens with one attached hydrogen (secondary N) is 1. The minimum absolute atomic E-state index is 0.132. The highest BCUT2D eigenvalue weighted by Gasteiger charge is 2.37. The Morgan fingerprint density at radius 3 is 2.83 bits per heavy atom. The van der Waals surface area contributed by atoms with Crippen LogP contribution >= 0.6 is 0 Å². The lowest BCUT2D eigenvalue weighted by Crippen LogP contribution is -2.17. The summed E-state index contributed by atoms with van der Waals surface area (Å²) in [6, 6.07) is 4.90. The van der Waals surface area contributed by atoms with Gasteiger partial charge >= 0.3 is 5.97 Å². The molecule has 0 saturated heterocycles. The van der Waals surface area contributed by atoms with Crippen LogP contribution in [0.25, 0.3) is 10.9 Å². The quantitative estimate of drug-likeness (QED) is 0.865. The van der Waals surface area contributed by atoms with Crippen LogP contribution in [0.15, 0.2) is 24.5 Å². The van der Waals surface area contributed by atoms with Gasteiger partial charge in [0.1, 0.15) is 12.1 Å². The molecule has 0 amide bonds. The van der Waals surface area contributed by atoms with Crippen molar-refractivity contribution >= 4 is 22.7 Å². The van der Waals surface area contributed by atoms with E-state index < -0.39 is 5.97 Å². The van der Waals surface area contributed by atoms with Gasteiger partial charge in [-0.3, -0.25) is 0 Å². The normalized spacial score (nSPS) is 16.5. The van der Waals surface area contributed by atoms with Crippen LogP contribution in [0.4, 0.5) is 5.82 Å². The van der Waals surface area contributed by atoms with E-state index in [4.69, 9.17) is 5.11 Å². The van der Waals surface area contributed by atoms with Crippen molar-refractivity contribution in [2.45, 2.75) is 25.3 Å². The van der Waals surface area contributed by atoms with Crippen LogP contribution in [0.3, 0.4) is 0 Å². The second kappa shape index (κ2) is 3.66. The van der Waals surface area contributed by atoms with Crippen LogP contribution in [-0.4, -0.2) is 26.6 Å². The van der Waals surface area contributed by atoms with Gasteiger partial charge in [0.25, 0.3) is 0 Å². The number of hydrogen-bond donors (Lipinski definition) is 2. The van der Waals surface area contributed by atoms with E-state index >= 15 is 0 Å². The predicted molar refractivity (Wildman–Crippen MR) is 67.8 cm³/mol. The second-order valence-corrected chi connectivity index (χ2v) is 4.95. The number of aromatic carboxylic acids is 1. The minimum Gasteiger partial charge on any atom is -0.478 e. The Hall–Kier alpha value is -2.17. The van der Waals surface area contributed by atoms with E-state index in [1.807, 2.05) is 0 Å². The highest BCUT2D eigenvalue weighted by Crippen LogP contribution is 2.38. The summed E-state index contributed by atoms with van der Waals surface area (Å²) >= 11 is 0. The standard InChI is InChI=1S/C13H13N3O2/c1-13(4-5-13)16-11-9-3-2-8(12(17)18)6-10(9)14-7-15-11/h2-3,6-7H,4-5H2,1H3,(H,17,18)(H,14,15,16). The first-order valence-corrected chi connectivity index (χ1v) is 5.84. The summed E-state index contributed by atoms with van der Waals surface area (Å²) in [6.07, 6.45) is 3.72. The van der Waals surface area contributed by atoms with Crippen molar-refractivity contribution in [1.82, 2.24) is 9.97 Å². The number of aromatic nitrogens is 2. The number of carboxylic acid groups (broad SMARTS) is 1. The van der Waals surface area contributed by atoms with Gasteiger partial charge in [0.2, 0.25) is 0 Å². The number of nitrogens with zero attached hydrogens (tertiary/aromatic N) is 2. The van der Waals surface area contributed by atoms with E-state index in [0.29, 0.717) is 5.52 Å². The molecule has 1 fully saturated rings. The summed E-state index contributed by atoms with van der Waals surface area (Å²) in [5.41, 5.74) is 1.02. The van der Waals surface area contributed by atoms with E-state index in [1.54, 1.807) is 18.2 Å². The average molecular weight is 243 g/mol. The Morgan fingerprint density at radius 1 is 1.39 bits per heavy atom. The maximum atomic E-state index is 10.9. The van der Waals surface area contributed by atoms with Gasteiger partial charge in [-0.15, -0.1) is 0 Å². The molecular formula is C13H13N3O2. The maximum Gasteiger partial charge on any atom is 0.335 e. The smallest absolute Gasteiger partial charge is 0.335 e. The third-order valence-corrected chi connectivity index (χ3v) is 3.30. The molecule has 3 rings (SSSR count). The Balaban J connectivity index is 2.07. The van der Waals surface area contributed by atoms with Crippen molar-refractivity contribution in [3.05, 3.63) is 30.1 Å². The number of benzene rings is 1. The van der Waals surface area contributed by atoms with Gasteiger partial charge in [0.15, 0.2) is 0 Å². The van der Waals surface area contributed by atoms with Gasteiger partial charge in [-0.1, -0.05) is 0 Å². The van der Waals surface area contributed by atoms with Crippen LogP contribution in [0.2, 0.25) is 0 Å². The van der Waals surface area contributed by atoms with E-state index in [2.05, 4.69) is 22.2 Å². The molecule has 0 atom stereocenters. The molecule has 92 valence electrons. The molecule has 5 heteroatoms. The highest BCUT2D eigenvalue weighted by atomic mass is 16.4. The van der Waals surface area contributed by atoms with E-state index in [-0.39, 0.29) is 11.1 Å². The SMILES string of the molecule is CC1(Nc2ncnc3cc(C(=O)O)ccc23)CC1. The van der Waals surface area contributed by atoms with Crippen LogP contribution in [-0.2, 0) is 0 Å². The molecule has 18 heavy (non-hydrogen) atoms. The summed E-state index contributed by atoms with van der Waals surface area (Å²) in [5.74, 6) is -0.170. The second-order valence-electron chi connectivity index (χ2n) is 4.95. The molecule has 1 aliphatic rings. The molecule has 1 heterocycles. The monoisotopic (exact) mass is 243 g/mol. The molecule has 0 bridgehead atoms. The molecule has 0 unspecified atom stereocenters. The Labute approximate surface area is 104 Å². The van der Waals surface area contributed by atoms with E-state index in [0.717, 1.165) is 24.0 Å². The number of fused-ring (bicyclic) bond motifs is 1. The van der Waals surface area contributed by atoms with Crippen LogP contribution < -0.4 is 5.32 Å². The third-order valence-electron chi connectivity index (χ3n) is 3.30. The third kappa shape index (κ3) is 1.88. The van der Waals surface area contributed by atoms with Gasteiger partial charge < -0.3 is 10.4 Å². The topological polar surface area (TPSA) is 75.1 Å². The number of anilines is 1. The fraction of sp³-hybridized carbons (Fsp3) is 0.308. The first kappa shape index (κ1) is 11.0. The van der Waals surface area contributed by atoms with Crippen molar-refractivity contribution < 1.29 is 9.90 Å². The summed E-state index contributed by atoms with van der Waals surface area (Å²) < 4.78 is 0. The van der Waals surface area contributed by atoms with Gasteiger partial charge in [-0.25, -0.2) is 14.8 Å². The van der Waals surface area contributed by atoms with Gasteiger partial charge in [0.05, 0.1) is 11.1 Å². The Morgan fingerprint density at radius 2 is 2.17 bits per heavy atom. The molecule has 2 N–H and O–H groups in total.